The molecule has 0 radical (unpaired) electrons. The molecule has 0 bridgehead atoms. The maximum atomic E-state index is 13.3. The predicted molar refractivity (Wildman–Crippen MR) is 79.9 cm³/mol. The number of amides is 1. The number of likely N-dealkylation sites (tertiary alicyclic amines) is 1. The maximum absolute atomic E-state index is 13.3. The van der Waals surface area contributed by atoms with Crippen molar-refractivity contribution in [3.05, 3.63) is 34.1 Å². The van der Waals surface area contributed by atoms with Crippen molar-refractivity contribution in [2.45, 2.75) is 38.9 Å². The second-order valence-corrected chi connectivity index (χ2v) is 6.32. The lowest BCUT2D eigenvalue weighted by atomic mass is 10.2. The number of ether oxygens (including phenoxy) is 2. The van der Waals surface area contributed by atoms with Crippen molar-refractivity contribution >= 4 is 11.8 Å². The Morgan fingerprint density at radius 3 is 2.74 bits per heavy atom. The van der Waals surface area contributed by atoms with Crippen LogP contribution in [-0.4, -0.2) is 40.7 Å². The van der Waals surface area contributed by atoms with Crippen molar-refractivity contribution in [3.8, 4) is 5.75 Å². The van der Waals surface area contributed by atoms with E-state index in [4.69, 9.17) is 9.47 Å². The number of rotatable bonds is 3. The Bertz CT molecular complexity index is 614. The van der Waals surface area contributed by atoms with Gasteiger partial charge in [0.1, 0.15) is 17.5 Å². The van der Waals surface area contributed by atoms with E-state index in [1.165, 1.54) is 4.90 Å². The Morgan fingerprint density at radius 2 is 2.13 bits per heavy atom. The molecule has 1 heterocycles. The molecule has 0 spiro atoms. The quantitative estimate of drug-likeness (QED) is 0.629. The topological polar surface area (TPSA) is 81.9 Å². The van der Waals surface area contributed by atoms with Gasteiger partial charge in [-0.1, -0.05) is 0 Å². The van der Waals surface area contributed by atoms with Gasteiger partial charge in [-0.15, -0.1) is 0 Å². The van der Waals surface area contributed by atoms with Crippen LogP contribution in [0.2, 0.25) is 0 Å². The van der Waals surface area contributed by atoms with Crippen LogP contribution in [0.25, 0.3) is 0 Å². The Hall–Kier alpha value is -2.38. The first-order valence-corrected chi connectivity index (χ1v) is 7.24. The maximum Gasteiger partial charge on any atom is 0.410 e. The molecule has 0 N–H and O–H groups in total. The first kappa shape index (κ1) is 17.0. The lowest BCUT2D eigenvalue weighted by Crippen LogP contribution is -2.36. The fourth-order valence-electron chi connectivity index (χ4n) is 2.23. The molecule has 1 aliphatic heterocycles. The molecule has 0 aromatic heterocycles. The molecule has 0 saturated carbocycles. The highest BCUT2D eigenvalue weighted by Crippen LogP contribution is 2.30. The van der Waals surface area contributed by atoms with E-state index in [1.807, 2.05) is 0 Å². The highest BCUT2D eigenvalue weighted by Gasteiger charge is 2.32. The number of benzene rings is 1. The Labute approximate surface area is 133 Å². The second-order valence-electron chi connectivity index (χ2n) is 6.32. The molecule has 126 valence electrons. The van der Waals surface area contributed by atoms with E-state index in [9.17, 15) is 19.3 Å². The van der Waals surface area contributed by atoms with Crippen molar-refractivity contribution < 1.29 is 23.6 Å². The minimum absolute atomic E-state index is 0.133. The van der Waals surface area contributed by atoms with E-state index in [2.05, 4.69) is 0 Å². The number of hydrogen-bond donors (Lipinski definition) is 0. The SMILES string of the molecule is CC(C)(C)OC(=O)N1CC[C@H](Oc2cc(F)ccc2[N+](=O)[O-])C1. The van der Waals surface area contributed by atoms with Crippen LogP contribution in [0, 0.1) is 15.9 Å². The zero-order chi connectivity index (χ0) is 17.2. The molecule has 2 rings (SSSR count). The van der Waals surface area contributed by atoms with E-state index < -0.39 is 28.5 Å². The molecule has 1 aliphatic rings. The van der Waals surface area contributed by atoms with Gasteiger partial charge in [-0.05, 0) is 26.8 Å². The van der Waals surface area contributed by atoms with E-state index in [-0.39, 0.29) is 18.0 Å². The van der Waals surface area contributed by atoms with Crippen molar-refractivity contribution in [3.63, 3.8) is 0 Å². The Kier molecular flexibility index (Phi) is 4.72. The number of hydrogen-bond acceptors (Lipinski definition) is 5. The standard InChI is InChI=1S/C15H19FN2O5/c1-15(2,3)23-14(19)17-7-6-11(9-17)22-13-8-10(16)4-5-12(13)18(20)21/h4-5,8,11H,6-7,9H2,1-3H3/t11-/m0/s1. The zero-order valence-electron chi connectivity index (χ0n) is 13.2. The summed E-state index contributed by atoms with van der Waals surface area (Å²) >= 11 is 0. The normalized spacial score (nSPS) is 17.9. The molecule has 1 aromatic carbocycles. The van der Waals surface area contributed by atoms with Crippen LogP contribution >= 0.6 is 0 Å². The zero-order valence-corrected chi connectivity index (χ0v) is 13.2. The third-order valence-corrected chi connectivity index (χ3v) is 3.21. The summed E-state index contributed by atoms with van der Waals surface area (Å²) in [5, 5.41) is 11.0. The van der Waals surface area contributed by atoms with Gasteiger partial charge in [0.05, 0.1) is 11.5 Å². The molecule has 0 aliphatic carbocycles. The number of carbonyl (C=O) groups is 1. The number of halogens is 1. The largest absolute Gasteiger partial charge is 0.481 e. The van der Waals surface area contributed by atoms with Crippen LogP contribution < -0.4 is 4.74 Å². The summed E-state index contributed by atoms with van der Waals surface area (Å²) in [5.74, 6) is -0.751. The molecule has 1 fully saturated rings. The summed E-state index contributed by atoms with van der Waals surface area (Å²) in [6, 6.07) is 3.05. The van der Waals surface area contributed by atoms with Crippen LogP contribution in [0.1, 0.15) is 27.2 Å². The number of nitrogens with zero attached hydrogens (tertiary/aromatic N) is 2. The molecule has 7 nitrogen and oxygen atoms in total. The number of nitro groups is 1. The van der Waals surface area contributed by atoms with Crippen LogP contribution in [0.15, 0.2) is 18.2 Å². The van der Waals surface area contributed by atoms with E-state index >= 15 is 0 Å². The average Bonchev–Trinajstić information content (AvgIpc) is 2.85. The third-order valence-electron chi connectivity index (χ3n) is 3.21. The van der Waals surface area contributed by atoms with Crippen molar-refractivity contribution in [1.29, 1.82) is 0 Å². The Balaban J connectivity index is 2.02. The van der Waals surface area contributed by atoms with Gasteiger partial charge in [-0.2, -0.15) is 0 Å². The fourth-order valence-corrected chi connectivity index (χ4v) is 2.23. The first-order chi connectivity index (χ1) is 10.7. The van der Waals surface area contributed by atoms with Gasteiger partial charge in [-0.25, -0.2) is 9.18 Å². The molecule has 0 unspecified atom stereocenters. The molecular formula is C15H19FN2O5. The van der Waals surface area contributed by atoms with Crippen molar-refractivity contribution in [1.82, 2.24) is 4.90 Å². The molecule has 1 amide bonds. The first-order valence-electron chi connectivity index (χ1n) is 7.24. The van der Waals surface area contributed by atoms with Gasteiger partial charge in [0.2, 0.25) is 0 Å². The molecule has 1 saturated heterocycles. The Morgan fingerprint density at radius 1 is 1.43 bits per heavy atom. The lowest BCUT2D eigenvalue weighted by molar-refractivity contribution is -0.386. The minimum atomic E-state index is -0.630. The van der Waals surface area contributed by atoms with Crippen LogP contribution in [0.5, 0.6) is 5.75 Å². The molecular weight excluding hydrogens is 307 g/mol. The average molecular weight is 326 g/mol. The van der Waals surface area contributed by atoms with Gasteiger partial charge in [-0.3, -0.25) is 10.1 Å². The second kappa shape index (κ2) is 6.39. The van der Waals surface area contributed by atoms with Gasteiger partial charge in [0.25, 0.3) is 0 Å². The van der Waals surface area contributed by atoms with E-state index in [0.29, 0.717) is 13.0 Å². The van der Waals surface area contributed by atoms with Crippen LogP contribution in [-0.2, 0) is 4.74 Å². The summed E-state index contributed by atoms with van der Waals surface area (Å²) in [6.45, 7) is 5.96. The van der Waals surface area contributed by atoms with Crippen molar-refractivity contribution in [2.75, 3.05) is 13.1 Å². The van der Waals surface area contributed by atoms with Gasteiger partial charge in [0, 0.05) is 25.1 Å². The molecule has 1 aromatic rings. The predicted octanol–water partition coefficient (Wildman–Crippen LogP) is 3.12. The van der Waals surface area contributed by atoms with Crippen LogP contribution in [0.4, 0.5) is 14.9 Å². The molecule has 1 atom stereocenters. The smallest absolute Gasteiger partial charge is 0.410 e. The monoisotopic (exact) mass is 326 g/mol. The molecule has 8 heteroatoms. The van der Waals surface area contributed by atoms with Crippen LogP contribution in [0.3, 0.4) is 0 Å². The van der Waals surface area contributed by atoms with Gasteiger partial charge >= 0.3 is 11.8 Å². The van der Waals surface area contributed by atoms with Crippen molar-refractivity contribution in [2.24, 2.45) is 0 Å². The highest BCUT2D eigenvalue weighted by atomic mass is 19.1. The van der Waals surface area contributed by atoms with E-state index in [0.717, 1.165) is 18.2 Å². The number of carbonyl (C=O) groups excluding carboxylic acids is 1. The fraction of sp³-hybridized carbons (Fsp3) is 0.533. The lowest BCUT2D eigenvalue weighted by Gasteiger charge is -2.24. The van der Waals surface area contributed by atoms with Gasteiger partial charge in [0.15, 0.2) is 5.75 Å². The third kappa shape index (κ3) is 4.54. The summed E-state index contributed by atoms with van der Waals surface area (Å²) < 4.78 is 24.1. The van der Waals surface area contributed by atoms with Gasteiger partial charge < -0.3 is 14.4 Å². The minimum Gasteiger partial charge on any atom is -0.481 e. The summed E-state index contributed by atoms with van der Waals surface area (Å²) in [6.07, 6.45) is -0.409. The molecule has 23 heavy (non-hydrogen) atoms. The highest BCUT2D eigenvalue weighted by molar-refractivity contribution is 5.68. The summed E-state index contributed by atoms with van der Waals surface area (Å²) in [7, 11) is 0. The van der Waals surface area contributed by atoms with E-state index in [1.54, 1.807) is 20.8 Å². The summed E-state index contributed by atoms with van der Waals surface area (Å²) in [4.78, 5) is 23.8. The summed E-state index contributed by atoms with van der Waals surface area (Å²) in [5.41, 5.74) is -0.903. The number of nitro benzene ring substituents is 1.